The van der Waals surface area contributed by atoms with Gasteiger partial charge in [-0.05, 0) is 30.5 Å². The fourth-order valence-electron chi connectivity index (χ4n) is 1.08. The minimum atomic E-state index is -0.440. The number of rotatable bonds is 3. The number of alkyl halides is 1. The zero-order valence-corrected chi connectivity index (χ0v) is 8.64. The molecule has 0 unspecified atom stereocenters. The Morgan fingerprint density at radius 2 is 2.23 bits per heavy atom. The monoisotopic (exact) mass is 241 g/mol. The van der Waals surface area contributed by atoms with Crippen molar-refractivity contribution in [3.63, 3.8) is 0 Å². The second-order valence-corrected chi connectivity index (χ2v) is 3.51. The predicted octanol–water partition coefficient (Wildman–Crippen LogP) is 3.02. The molecule has 0 N–H and O–H groups in total. The maximum atomic E-state index is 12.9. The number of halogens is 2. The van der Waals surface area contributed by atoms with E-state index in [2.05, 4.69) is 15.9 Å². The van der Waals surface area contributed by atoms with Gasteiger partial charge in [-0.2, -0.15) is 5.26 Å². The summed E-state index contributed by atoms with van der Waals surface area (Å²) in [6.07, 6.45) is 1.87. The van der Waals surface area contributed by atoms with Crippen LogP contribution in [-0.4, -0.2) is 5.33 Å². The highest BCUT2D eigenvalue weighted by Gasteiger charge is 2.01. The normalized spacial score (nSPS) is 9.62. The van der Waals surface area contributed by atoms with Gasteiger partial charge in [-0.15, -0.1) is 0 Å². The van der Waals surface area contributed by atoms with Gasteiger partial charge in [-0.25, -0.2) is 4.39 Å². The maximum absolute atomic E-state index is 12.9. The Hall–Kier alpha value is -0.880. The molecule has 0 saturated carbocycles. The summed E-state index contributed by atoms with van der Waals surface area (Å²) in [6.45, 7) is 0. The van der Waals surface area contributed by atoms with Crippen molar-refractivity contribution in [3.05, 3.63) is 35.1 Å². The average molecular weight is 242 g/mol. The molecule has 68 valence electrons. The molecule has 1 aromatic carbocycles. The van der Waals surface area contributed by atoms with E-state index >= 15 is 0 Å². The van der Waals surface area contributed by atoms with Crippen molar-refractivity contribution < 1.29 is 4.39 Å². The summed E-state index contributed by atoms with van der Waals surface area (Å²) >= 11 is 3.32. The highest BCUT2D eigenvalue weighted by molar-refractivity contribution is 9.09. The van der Waals surface area contributed by atoms with Crippen LogP contribution in [0.5, 0.6) is 0 Å². The number of nitrogens with zero attached hydrogens (tertiary/aromatic N) is 1. The first-order valence-corrected chi connectivity index (χ1v) is 5.14. The topological polar surface area (TPSA) is 23.8 Å². The van der Waals surface area contributed by atoms with Crippen LogP contribution in [-0.2, 0) is 6.42 Å². The number of hydrogen-bond acceptors (Lipinski definition) is 1. The molecule has 0 bridgehead atoms. The van der Waals surface area contributed by atoms with Gasteiger partial charge >= 0.3 is 0 Å². The van der Waals surface area contributed by atoms with E-state index in [0.29, 0.717) is 0 Å². The molecule has 0 aliphatic carbocycles. The highest BCUT2D eigenvalue weighted by atomic mass is 79.9. The smallest absolute Gasteiger partial charge is 0.140 e. The summed E-state index contributed by atoms with van der Waals surface area (Å²) in [7, 11) is 0. The Kier molecular flexibility index (Phi) is 3.91. The molecule has 1 nitrogen and oxygen atoms in total. The van der Waals surface area contributed by atoms with Crippen LogP contribution in [0.1, 0.15) is 17.5 Å². The molecule has 0 amide bonds. The molecule has 0 atom stereocenters. The van der Waals surface area contributed by atoms with Gasteiger partial charge < -0.3 is 0 Å². The summed E-state index contributed by atoms with van der Waals surface area (Å²) in [5, 5.41) is 9.49. The lowest BCUT2D eigenvalue weighted by atomic mass is 10.1. The van der Waals surface area contributed by atoms with Crippen molar-refractivity contribution in [1.29, 1.82) is 5.26 Å². The van der Waals surface area contributed by atoms with Crippen molar-refractivity contribution in [3.8, 4) is 6.07 Å². The first-order valence-electron chi connectivity index (χ1n) is 4.02. The lowest BCUT2D eigenvalue weighted by molar-refractivity contribution is 0.623. The number of benzene rings is 1. The first kappa shape index (κ1) is 10.2. The molecule has 1 aromatic rings. The summed E-state index contributed by atoms with van der Waals surface area (Å²) in [5.74, 6) is -0.440. The van der Waals surface area contributed by atoms with E-state index in [0.717, 1.165) is 23.7 Å². The van der Waals surface area contributed by atoms with E-state index in [1.807, 2.05) is 6.07 Å². The van der Waals surface area contributed by atoms with Gasteiger partial charge in [0.05, 0.1) is 5.56 Å². The van der Waals surface area contributed by atoms with Crippen LogP contribution in [0.25, 0.3) is 0 Å². The Morgan fingerprint density at radius 1 is 1.46 bits per heavy atom. The van der Waals surface area contributed by atoms with Gasteiger partial charge in [0, 0.05) is 5.33 Å². The Balaban J connectivity index is 2.82. The Labute approximate surface area is 85.3 Å². The zero-order chi connectivity index (χ0) is 9.68. The van der Waals surface area contributed by atoms with Gasteiger partial charge in [0.2, 0.25) is 0 Å². The van der Waals surface area contributed by atoms with Crippen molar-refractivity contribution in [1.82, 2.24) is 0 Å². The van der Waals surface area contributed by atoms with Crippen LogP contribution >= 0.6 is 15.9 Å². The minimum Gasteiger partial charge on any atom is -0.206 e. The minimum absolute atomic E-state index is 0.132. The summed E-state index contributed by atoms with van der Waals surface area (Å²) in [4.78, 5) is 0. The van der Waals surface area contributed by atoms with Crippen LogP contribution in [0.3, 0.4) is 0 Å². The highest BCUT2D eigenvalue weighted by Crippen LogP contribution is 2.11. The quantitative estimate of drug-likeness (QED) is 0.747. The van der Waals surface area contributed by atoms with E-state index < -0.39 is 5.82 Å². The van der Waals surface area contributed by atoms with Gasteiger partial charge in [-0.3, -0.25) is 0 Å². The number of hydrogen-bond donors (Lipinski definition) is 0. The second-order valence-electron chi connectivity index (χ2n) is 2.72. The summed E-state index contributed by atoms with van der Waals surface area (Å²) in [6, 6.07) is 6.50. The molecule has 13 heavy (non-hydrogen) atoms. The molecule has 0 heterocycles. The van der Waals surface area contributed by atoms with Crippen LogP contribution in [0.15, 0.2) is 18.2 Å². The van der Waals surface area contributed by atoms with Crippen molar-refractivity contribution >= 4 is 15.9 Å². The maximum Gasteiger partial charge on any atom is 0.140 e. The third kappa shape index (κ3) is 2.82. The van der Waals surface area contributed by atoms with Crippen molar-refractivity contribution in [2.24, 2.45) is 0 Å². The van der Waals surface area contributed by atoms with Crippen LogP contribution < -0.4 is 0 Å². The summed E-state index contributed by atoms with van der Waals surface area (Å²) < 4.78 is 12.9. The Morgan fingerprint density at radius 3 is 2.85 bits per heavy atom. The predicted molar refractivity (Wildman–Crippen MR) is 53.2 cm³/mol. The molecule has 0 fully saturated rings. The molecule has 0 aliphatic rings. The van der Waals surface area contributed by atoms with Crippen molar-refractivity contribution in [2.75, 3.05) is 5.33 Å². The molecule has 0 aliphatic heterocycles. The lowest BCUT2D eigenvalue weighted by Gasteiger charge is -2.00. The van der Waals surface area contributed by atoms with E-state index in [-0.39, 0.29) is 5.56 Å². The molecular weight excluding hydrogens is 233 g/mol. The Bertz CT molecular complexity index is 330. The van der Waals surface area contributed by atoms with E-state index in [4.69, 9.17) is 5.26 Å². The van der Waals surface area contributed by atoms with Crippen LogP contribution in [0.4, 0.5) is 4.39 Å². The molecule has 0 spiro atoms. The second kappa shape index (κ2) is 4.98. The molecule has 3 heteroatoms. The molecule has 0 radical (unpaired) electrons. The van der Waals surface area contributed by atoms with Crippen LogP contribution in [0, 0.1) is 17.1 Å². The van der Waals surface area contributed by atoms with Gasteiger partial charge in [0.1, 0.15) is 11.9 Å². The van der Waals surface area contributed by atoms with Gasteiger partial charge in [-0.1, -0.05) is 22.0 Å². The third-order valence-electron chi connectivity index (χ3n) is 1.75. The first-order chi connectivity index (χ1) is 6.27. The SMILES string of the molecule is N#Cc1cc(CCCBr)ccc1F. The molecule has 0 aromatic heterocycles. The van der Waals surface area contributed by atoms with Crippen molar-refractivity contribution in [2.45, 2.75) is 12.8 Å². The lowest BCUT2D eigenvalue weighted by Crippen LogP contribution is -1.90. The molecular formula is C10H9BrFN. The van der Waals surface area contributed by atoms with Gasteiger partial charge in [0.15, 0.2) is 0 Å². The fraction of sp³-hybridized carbons (Fsp3) is 0.300. The summed E-state index contributed by atoms with van der Waals surface area (Å²) in [5.41, 5.74) is 1.14. The van der Waals surface area contributed by atoms with Crippen LogP contribution in [0.2, 0.25) is 0 Å². The van der Waals surface area contributed by atoms with E-state index in [9.17, 15) is 4.39 Å². The fourth-order valence-corrected chi connectivity index (χ4v) is 1.36. The standard InChI is InChI=1S/C10H9BrFN/c11-5-1-2-8-3-4-10(12)9(6-8)7-13/h3-4,6H,1-2,5H2. The zero-order valence-electron chi connectivity index (χ0n) is 7.06. The van der Waals surface area contributed by atoms with E-state index in [1.54, 1.807) is 12.1 Å². The van der Waals surface area contributed by atoms with Gasteiger partial charge in [0.25, 0.3) is 0 Å². The molecule has 1 rings (SSSR count). The van der Waals surface area contributed by atoms with E-state index in [1.165, 1.54) is 6.07 Å². The molecule has 0 saturated heterocycles. The number of aryl methyl sites for hydroxylation is 1. The largest absolute Gasteiger partial charge is 0.206 e. The third-order valence-corrected chi connectivity index (χ3v) is 2.31. The average Bonchev–Trinajstić information content (AvgIpc) is 2.16. The number of nitriles is 1.